The Morgan fingerprint density at radius 3 is 2.30 bits per heavy atom. The molecule has 30 heavy (non-hydrogen) atoms. The van der Waals surface area contributed by atoms with E-state index in [4.69, 9.17) is 0 Å². The van der Waals surface area contributed by atoms with Gasteiger partial charge in [0.1, 0.15) is 0 Å². The van der Waals surface area contributed by atoms with E-state index in [1.165, 1.54) is 24.0 Å². The van der Waals surface area contributed by atoms with Crippen LogP contribution in [0.3, 0.4) is 0 Å². The molecule has 0 saturated carbocycles. The van der Waals surface area contributed by atoms with Crippen LogP contribution < -0.4 is 10.6 Å². The smallest absolute Gasteiger partial charge is 0.238 e. The molecule has 0 bridgehead atoms. The summed E-state index contributed by atoms with van der Waals surface area (Å²) in [5.74, 6) is -0.201. The van der Waals surface area contributed by atoms with Crippen molar-refractivity contribution in [3.63, 3.8) is 0 Å². The summed E-state index contributed by atoms with van der Waals surface area (Å²) < 4.78 is 0. The SMILES string of the molecule is Cc1cccc(C)c1NC(=O)CN(C)CC(=O)N[C@@H](C)c1ccc2c(c1)CCCC2. The van der Waals surface area contributed by atoms with Crippen LogP contribution >= 0.6 is 0 Å². The number of rotatable bonds is 7. The first kappa shape index (κ1) is 22.0. The monoisotopic (exact) mass is 407 g/mol. The molecule has 5 nitrogen and oxygen atoms in total. The van der Waals surface area contributed by atoms with Crippen LogP contribution in [0.2, 0.25) is 0 Å². The number of amides is 2. The van der Waals surface area contributed by atoms with Crippen molar-refractivity contribution >= 4 is 17.5 Å². The van der Waals surface area contributed by atoms with E-state index in [2.05, 4.69) is 28.8 Å². The molecule has 5 heteroatoms. The Morgan fingerprint density at radius 2 is 1.60 bits per heavy atom. The average molecular weight is 408 g/mol. The van der Waals surface area contributed by atoms with E-state index >= 15 is 0 Å². The number of fused-ring (bicyclic) bond motifs is 1. The van der Waals surface area contributed by atoms with Gasteiger partial charge in [0.25, 0.3) is 0 Å². The summed E-state index contributed by atoms with van der Waals surface area (Å²) in [6.45, 7) is 6.30. The zero-order valence-electron chi connectivity index (χ0n) is 18.5. The predicted molar refractivity (Wildman–Crippen MR) is 122 cm³/mol. The quantitative estimate of drug-likeness (QED) is 0.731. The second kappa shape index (κ2) is 9.90. The lowest BCUT2D eigenvalue weighted by molar-refractivity contribution is -0.123. The lowest BCUT2D eigenvalue weighted by atomic mass is 9.89. The van der Waals surface area contributed by atoms with Crippen molar-refractivity contribution in [2.24, 2.45) is 0 Å². The number of hydrogen-bond donors (Lipinski definition) is 2. The number of hydrogen-bond acceptors (Lipinski definition) is 3. The van der Waals surface area contributed by atoms with Crippen LogP contribution in [-0.4, -0.2) is 36.9 Å². The second-order valence-corrected chi connectivity index (χ2v) is 8.51. The second-order valence-electron chi connectivity index (χ2n) is 8.51. The molecule has 160 valence electrons. The summed E-state index contributed by atoms with van der Waals surface area (Å²) in [7, 11) is 1.79. The minimum absolute atomic E-state index is 0.0541. The van der Waals surface area contributed by atoms with Gasteiger partial charge >= 0.3 is 0 Å². The van der Waals surface area contributed by atoms with Crippen LogP contribution in [-0.2, 0) is 22.4 Å². The highest BCUT2D eigenvalue weighted by Gasteiger charge is 2.16. The minimum Gasteiger partial charge on any atom is -0.348 e. The fraction of sp³-hybridized carbons (Fsp3) is 0.440. The van der Waals surface area contributed by atoms with Crippen LogP contribution in [0.25, 0.3) is 0 Å². The lowest BCUT2D eigenvalue weighted by Gasteiger charge is -2.21. The first-order valence-corrected chi connectivity index (χ1v) is 10.8. The zero-order valence-corrected chi connectivity index (χ0v) is 18.5. The number of likely N-dealkylation sites (N-methyl/N-ethyl adjacent to an activating group) is 1. The Balaban J connectivity index is 1.50. The Morgan fingerprint density at radius 1 is 0.967 bits per heavy atom. The molecule has 1 aliphatic rings. The molecule has 2 aromatic carbocycles. The van der Waals surface area contributed by atoms with Gasteiger partial charge in [-0.05, 0) is 81.3 Å². The van der Waals surface area contributed by atoms with Crippen LogP contribution in [0.5, 0.6) is 0 Å². The largest absolute Gasteiger partial charge is 0.348 e. The van der Waals surface area contributed by atoms with Crippen LogP contribution in [0, 0.1) is 13.8 Å². The van der Waals surface area contributed by atoms with Crippen LogP contribution in [0.1, 0.15) is 53.6 Å². The molecule has 0 unspecified atom stereocenters. The van der Waals surface area contributed by atoms with E-state index in [9.17, 15) is 9.59 Å². The number of anilines is 1. The van der Waals surface area contributed by atoms with E-state index in [-0.39, 0.29) is 30.9 Å². The van der Waals surface area contributed by atoms with Gasteiger partial charge in [-0.3, -0.25) is 14.5 Å². The maximum absolute atomic E-state index is 12.5. The first-order chi connectivity index (χ1) is 14.3. The molecule has 2 amide bonds. The summed E-state index contributed by atoms with van der Waals surface area (Å²) in [4.78, 5) is 26.6. The van der Waals surface area contributed by atoms with E-state index in [0.29, 0.717) is 0 Å². The molecule has 1 atom stereocenters. The molecule has 0 heterocycles. The highest BCUT2D eigenvalue weighted by Crippen LogP contribution is 2.24. The van der Waals surface area contributed by atoms with Crippen molar-refractivity contribution in [2.45, 2.75) is 52.5 Å². The maximum atomic E-state index is 12.5. The number of carbonyl (C=O) groups excluding carboxylic acids is 2. The lowest BCUT2D eigenvalue weighted by Crippen LogP contribution is -2.39. The van der Waals surface area contributed by atoms with Gasteiger partial charge in [-0.1, -0.05) is 36.4 Å². The summed E-state index contributed by atoms with van der Waals surface area (Å²) >= 11 is 0. The summed E-state index contributed by atoms with van der Waals surface area (Å²) in [5, 5.41) is 6.03. The molecular formula is C25H33N3O2. The topological polar surface area (TPSA) is 61.4 Å². The third kappa shape index (κ3) is 5.70. The summed E-state index contributed by atoms with van der Waals surface area (Å²) in [6, 6.07) is 12.4. The third-order valence-corrected chi connectivity index (χ3v) is 5.82. The molecule has 3 rings (SSSR count). The van der Waals surface area contributed by atoms with E-state index in [0.717, 1.165) is 35.2 Å². The molecule has 0 aromatic heterocycles. The van der Waals surface area contributed by atoms with E-state index in [1.54, 1.807) is 11.9 Å². The van der Waals surface area contributed by atoms with Crippen molar-refractivity contribution < 1.29 is 9.59 Å². The van der Waals surface area contributed by atoms with Gasteiger partial charge in [0, 0.05) is 5.69 Å². The van der Waals surface area contributed by atoms with Gasteiger partial charge in [0.05, 0.1) is 19.1 Å². The van der Waals surface area contributed by atoms with Gasteiger partial charge in [-0.25, -0.2) is 0 Å². The molecular weight excluding hydrogens is 374 g/mol. The molecule has 2 N–H and O–H groups in total. The molecule has 0 saturated heterocycles. The number of carbonyl (C=O) groups is 2. The molecule has 0 fully saturated rings. The van der Waals surface area contributed by atoms with Crippen LogP contribution in [0.15, 0.2) is 36.4 Å². The maximum Gasteiger partial charge on any atom is 0.238 e. The van der Waals surface area contributed by atoms with Crippen molar-refractivity contribution in [1.82, 2.24) is 10.2 Å². The van der Waals surface area contributed by atoms with Crippen molar-refractivity contribution in [2.75, 3.05) is 25.5 Å². The fourth-order valence-corrected chi connectivity index (χ4v) is 4.13. The summed E-state index contributed by atoms with van der Waals surface area (Å²) in [5.41, 5.74) is 6.91. The van der Waals surface area contributed by atoms with Gasteiger partial charge in [-0.2, -0.15) is 0 Å². The number of benzene rings is 2. The Bertz CT molecular complexity index is 902. The Labute approximate surface area is 179 Å². The Hall–Kier alpha value is -2.66. The third-order valence-electron chi connectivity index (χ3n) is 5.82. The highest BCUT2D eigenvalue weighted by molar-refractivity contribution is 5.94. The number of para-hydroxylation sites is 1. The highest BCUT2D eigenvalue weighted by atomic mass is 16.2. The van der Waals surface area contributed by atoms with E-state index < -0.39 is 0 Å². The number of aryl methyl sites for hydroxylation is 4. The van der Waals surface area contributed by atoms with Crippen LogP contribution in [0.4, 0.5) is 5.69 Å². The van der Waals surface area contributed by atoms with Gasteiger partial charge in [0.2, 0.25) is 11.8 Å². The van der Waals surface area contributed by atoms with Gasteiger partial charge in [0.15, 0.2) is 0 Å². The van der Waals surface area contributed by atoms with Crippen molar-refractivity contribution in [1.29, 1.82) is 0 Å². The molecule has 0 spiro atoms. The average Bonchev–Trinajstić information content (AvgIpc) is 2.70. The standard InChI is InChI=1S/C25H33N3O2/c1-17-8-7-9-18(2)25(17)27-24(30)16-28(4)15-23(29)26-19(3)21-13-12-20-10-5-6-11-22(20)14-21/h7-9,12-14,19H,5-6,10-11,15-16H2,1-4H3,(H,26,29)(H,27,30)/t19-/m0/s1. The molecule has 0 radical (unpaired) electrons. The van der Waals surface area contributed by atoms with Crippen molar-refractivity contribution in [3.05, 3.63) is 64.2 Å². The van der Waals surface area contributed by atoms with Gasteiger partial charge < -0.3 is 10.6 Å². The zero-order chi connectivity index (χ0) is 21.7. The first-order valence-electron chi connectivity index (χ1n) is 10.8. The van der Waals surface area contributed by atoms with Gasteiger partial charge in [-0.15, -0.1) is 0 Å². The van der Waals surface area contributed by atoms with E-state index in [1.807, 2.05) is 39.0 Å². The number of nitrogens with zero attached hydrogens (tertiary/aromatic N) is 1. The number of nitrogens with one attached hydrogen (secondary N) is 2. The molecule has 0 aliphatic heterocycles. The molecule has 1 aliphatic carbocycles. The molecule has 2 aromatic rings. The summed E-state index contributed by atoms with van der Waals surface area (Å²) in [6.07, 6.45) is 4.79. The fourth-order valence-electron chi connectivity index (χ4n) is 4.13. The minimum atomic E-state index is -0.120. The predicted octanol–water partition coefficient (Wildman–Crippen LogP) is 3.93. The Kier molecular flexibility index (Phi) is 7.27. The van der Waals surface area contributed by atoms with Crippen molar-refractivity contribution in [3.8, 4) is 0 Å². The normalized spacial score (nSPS) is 14.2.